The minimum Gasteiger partial charge on any atom is -0.396 e. The quantitative estimate of drug-likeness (QED) is 0.866. The molecule has 2 aliphatic rings. The van der Waals surface area contributed by atoms with Gasteiger partial charge in [-0.05, 0) is 32.1 Å². The van der Waals surface area contributed by atoms with Crippen LogP contribution in [0.15, 0.2) is 6.20 Å². The average molecular weight is 335 g/mol. The molecule has 0 radical (unpaired) electrons. The van der Waals surface area contributed by atoms with Gasteiger partial charge in [0.1, 0.15) is 0 Å². The number of aliphatic hydroxyl groups excluding tert-OH is 1. The van der Waals surface area contributed by atoms with E-state index in [0.29, 0.717) is 12.6 Å². The molecule has 1 saturated heterocycles. The van der Waals surface area contributed by atoms with Gasteiger partial charge in [-0.25, -0.2) is 0 Å². The molecule has 2 fully saturated rings. The predicted octanol–water partition coefficient (Wildman–Crippen LogP) is 2.18. The summed E-state index contributed by atoms with van der Waals surface area (Å²) in [6, 6.07) is 0.502. The molecule has 0 aromatic carbocycles. The van der Waals surface area contributed by atoms with Crippen molar-refractivity contribution in [1.82, 2.24) is 19.6 Å². The van der Waals surface area contributed by atoms with E-state index >= 15 is 0 Å². The van der Waals surface area contributed by atoms with E-state index in [1.807, 2.05) is 17.9 Å². The lowest BCUT2D eigenvalue weighted by molar-refractivity contribution is 0.0399. The summed E-state index contributed by atoms with van der Waals surface area (Å²) in [7, 11) is 2.01. The number of hydrogen-bond donors (Lipinski definition) is 1. The van der Waals surface area contributed by atoms with Crippen molar-refractivity contribution in [3.8, 4) is 0 Å². The number of nitrogens with zero attached hydrogens (tertiary/aromatic N) is 4. The van der Waals surface area contributed by atoms with E-state index in [2.05, 4.69) is 21.8 Å². The Kier molecular flexibility index (Phi) is 6.31. The normalized spacial score (nSPS) is 24.5. The van der Waals surface area contributed by atoms with Crippen LogP contribution in [0.2, 0.25) is 0 Å². The summed E-state index contributed by atoms with van der Waals surface area (Å²) in [6.07, 6.45) is 9.96. The fourth-order valence-electron chi connectivity index (χ4n) is 4.41. The molecular weight excluding hydrogens is 300 g/mol. The third-order valence-corrected chi connectivity index (χ3v) is 6.10. The molecule has 2 heterocycles. The van der Waals surface area contributed by atoms with Crippen LogP contribution in [0.3, 0.4) is 0 Å². The lowest BCUT2D eigenvalue weighted by atomic mass is 9.88. The second-order valence-corrected chi connectivity index (χ2v) is 7.78. The molecule has 1 N–H and O–H groups in total. The second-order valence-electron chi connectivity index (χ2n) is 7.78. The summed E-state index contributed by atoms with van der Waals surface area (Å²) in [4.78, 5) is 5.21. The zero-order chi connectivity index (χ0) is 16.9. The van der Waals surface area contributed by atoms with Gasteiger partial charge in [-0.2, -0.15) is 5.10 Å². The van der Waals surface area contributed by atoms with Crippen molar-refractivity contribution in [2.45, 2.75) is 58.0 Å². The maximum Gasteiger partial charge on any atom is 0.0537 e. The minimum absolute atomic E-state index is 0.297. The van der Waals surface area contributed by atoms with Crippen LogP contribution < -0.4 is 0 Å². The summed E-state index contributed by atoms with van der Waals surface area (Å²) in [5.74, 6) is 0.882. The van der Waals surface area contributed by atoms with Gasteiger partial charge < -0.3 is 5.11 Å². The Labute approximate surface area is 146 Å². The highest BCUT2D eigenvalue weighted by Crippen LogP contribution is 2.26. The topological polar surface area (TPSA) is 44.5 Å². The molecule has 0 bridgehead atoms. The number of aliphatic hydroxyl groups is 1. The zero-order valence-corrected chi connectivity index (χ0v) is 15.5. The van der Waals surface area contributed by atoms with Crippen LogP contribution in [0.4, 0.5) is 0 Å². The van der Waals surface area contributed by atoms with E-state index in [-0.39, 0.29) is 0 Å². The van der Waals surface area contributed by atoms with Crippen LogP contribution in [0, 0.1) is 12.8 Å². The Balaban J connectivity index is 1.56. The summed E-state index contributed by atoms with van der Waals surface area (Å²) in [5, 5.41) is 13.9. The molecular formula is C19H34N4O. The second kappa shape index (κ2) is 8.45. The van der Waals surface area contributed by atoms with Crippen molar-refractivity contribution >= 4 is 0 Å². The summed E-state index contributed by atoms with van der Waals surface area (Å²) >= 11 is 0. The molecule has 24 heavy (non-hydrogen) atoms. The molecule has 0 amide bonds. The summed E-state index contributed by atoms with van der Waals surface area (Å²) in [6.45, 7) is 8.01. The first kappa shape index (κ1) is 17.9. The van der Waals surface area contributed by atoms with Gasteiger partial charge >= 0.3 is 0 Å². The van der Waals surface area contributed by atoms with Crippen molar-refractivity contribution in [1.29, 1.82) is 0 Å². The van der Waals surface area contributed by atoms with Gasteiger partial charge in [0, 0.05) is 63.7 Å². The molecule has 5 nitrogen and oxygen atoms in total. The van der Waals surface area contributed by atoms with Crippen molar-refractivity contribution < 1.29 is 5.11 Å². The number of aromatic nitrogens is 2. The Bertz CT molecular complexity index is 509. The lowest BCUT2D eigenvalue weighted by Gasteiger charge is -2.43. The average Bonchev–Trinajstić information content (AvgIpc) is 2.90. The Morgan fingerprint density at radius 3 is 2.67 bits per heavy atom. The smallest absolute Gasteiger partial charge is 0.0537 e. The lowest BCUT2D eigenvalue weighted by Crippen LogP contribution is -2.54. The van der Waals surface area contributed by atoms with Gasteiger partial charge in [0.05, 0.1) is 6.20 Å². The van der Waals surface area contributed by atoms with E-state index in [1.165, 1.54) is 49.9 Å². The van der Waals surface area contributed by atoms with Crippen molar-refractivity contribution in [2.24, 2.45) is 13.0 Å². The number of rotatable bonds is 6. The van der Waals surface area contributed by atoms with Crippen molar-refractivity contribution in [3.63, 3.8) is 0 Å². The monoisotopic (exact) mass is 334 g/mol. The third-order valence-electron chi connectivity index (χ3n) is 6.10. The minimum atomic E-state index is 0.297. The summed E-state index contributed by atoms with van der Waals surface area (Å²) < 4.78 is 1.96. The standard InChI is InChI=1S/C19H34N4O/c1-16-18(12-20-21(16)2)14-22-9-10-23(19(15-22)8-11-24)13-17-6-4-3-5-7-17/h12,17,19,24H,3-11,13-15H2,1-2H3/t19-/m1/s1. The molecule has 136 valence electrons. The van der Waals surface area contributed by atoms with Gasteiger partial charge in [0.25, 0.3) is 0 Å². The molecule has 1 aromatic heterocycles. The molecule has 1 atom stereocenters. The number of piperazine rings is 1. The first-order valence-corrected chi connectivity index (χ1v) is 9.72. The zero-order valence-electron chi connectivity index (χ0n) is 15.5. The van der Waals surface area contributed by atoms with Gasteiger partial charge in [-0.15, -0.1) is 0 Å². The molecule has 1 aliphatic carbocycles. The SMILES string of the molecule is Cc1c(CN2CCN(CC3CCCCC3)[C@H](CCO)C2)cnn1C. The highest BCUT2D eigenvalue weighted by molar-refractivity contribution is 5.15. The van der Waals surface area contributed by atoms with Gasteiger partial charge in [0.15, 0.2) is 0 Å². The fourth-order valence-corrected chi connectivity index (χ4v) is 4.41. The largest absolute Gasteiger partial charge is 0.396 e. The molecule has 0 spiro atoms. The Morgan fingerprint density at radius 1 is 1.21 bits per heavy atom. The van der Waals surface area contributed by atoms with Crippen molar-refractivity contribution in [3.05, 3.63) is 17.5 Å². The molecule has 1 aliphatic heterocycles. The maximum atomic E-state index is 9.51. The highest BCUT2D eigenvalue weighted by Gasteiger charge is 2.29. The number of hydrogen-bond acceptors (Lipinski definition) is 4. The summed E-state index contributed by atoms with van der Waals surface area (Å²) in [5.41, 5.74) is 2.60. The van der Waals surface area contributed by atoms with E-state index in [4.69, 9.17) is 0 Å². The molecule has 5 heteroatoms. The predicted molar refractivity (Wildman–Crippen MR) is 96.9 cm³/mol. The van der Waals surface area contributed by atoms with E-state index < -0.39 is 0 Å². The molecule has 1 aromatic rings. The fraction of sp³-hybridized carbons (Fsp3) is 0.842. The van der Waals surface area contributed by atoms with Crippen LogP contribution in [0.1, 0.15) is 49.8 Å². The van der Waals surface area contributed by atoms with Gasteiger partial charge in [-0.1, -0.05) is 19.3 Å². The molecule has 0 unspecified atom stereocenters. The Hall–Kier alpha value is -0.910. The van der Waals surface area contributed by atoms with Gasteiger partial charge in [0.2, 0.25) is 0 Å². The van der Waals surface area contributed by atoms with Crippen LogP contribution in [-0.2, 0) is 13.6 Å². The van der Waals surface area contributed by atoms with Crippen LogP contribution in [0.5, 0.6) is 0 Å². The maximum absolute atomic E-state index is 9.51. The highest BCUT2D eigenvalue weighted by atomic mass is 16.3. The van der Waals surface area contributed by atoms with Crippen LogP contribution in [-0.4, -0.2) is 63.5 Å². The van der Waals surface area contributed by atoms with Crippen LogP contribution >= 0.6 is 0 Å². The Morgan fingerprint density at radius 2 is 2.00 bits per heavy atom. The first-order chi connectivity index (χ1) is 11.7. The van der Waals surface area contributed by atoms with E-state index in [9.17, 15) is 5.11 Å². The molecule has 3 rings (SSSR count). The van der Waals surface area contributed by atoms with E-state index in [0.717, 1.165) is 38.5 Å². The third kappa shape index (κ3) is 4.38. The van der Waals surface area contributed by atoms with Crippen molar-refractivity contribution in [2.75, 3.05) is 32.8 Å². The first-order valence-electron chi connectivity index (χ1n) is 9.72. The number of aryl methyl sites for hydroxylation is 1. The van der Waals surface area contributed by atoms with E-state index in [1.54, 1.807) is 0 Å². The van der Waals surface area contributed by atoms with Gasteiger partial charge in [-0.3, -0.25) is 14.5 Å². The van der Waals surface area contributed by atoms with Crippen LogP contribution in [0.25, 0.3) is 0 Å². The molecule has 1 saturated carbocycles.